The van der Waals surface area contributed by atoms with Gasteiger partial charge in [0.15, 0.2) is 0 Å². The predicted molar refractivity (Wildman–Crippen MR) is 172 cm³/mol. The van der Waals surface area contributed by atoms with Crippen molar-refractivity contribution >= 4 is 29.6 Å². The van der Waals surface area contributed by atoms with E-state index in [2.05, 4.69) is 31.2 Å². The lowest BCUT2D eigenvalue weighted by Crippen LogP contribution is -2.60. The molecule has 0 saturated carbocycles. The zero-order chi connectivity index (χ0) is 33.4. The molecule has 4 amide bonds. The molecule has 4 rings (SSSR count). The van der Waals surface area contributed by atoms with Crippen LogP contribution in [0, 0.1) is 19.8 Å². The number of hydrogen-bond acceptors (Lipinski definition) is 9. The Morgan fingerprint density at radius 3 is 2.28 bits per heavy atom. The number of carbonyl (C=O) groups is 4. The number of nitrogens with zero attached hydrogens (tertiary/aromatic N) is 4. The van der Waals surface area contributed by atoms with Gasteiger partial charge in [-0.25, -0.2) is 9.97 Å². The number of nitrogens with one attached hydrogen (secondary N) is 4. The van der Waals surface area contributed by atoms with Crippen LogP contribution in [0.1, 0.15) is 37.7 Å². The lowest BCUT2D eigenvalue weighted by atomic mass is 10.0. The van der Waals surface area contributed by atoms with Gasteiger partial charge in [0.2, 0.25) is 29.6 Å². The van der Waals surface area contributed by atoms with Gasteiger partial charge in [-0.15, -0.1) is 0 Å². The first-order chi connectivity index (χ1) is 21.9. The van der Waals surface area contributed by atoms with Crippen LogP contribution < -0.4 is 26.2 Å². The van der Waals surface area contributed by atoms with E-state index in [4.69, 9.17) is 4.98 Å². The fraction of sp³-hybridized carbons (Fsp3) is 0.424. The number of aliphatic hydroxyl groups excluding tert-OH is 1. The van der Waals surface area contributed by atoms with E-state index >= 15 is 0 Å². The summed E-state index contributed by atoms with van der Waals surface area (Å²) in [7, 11) is 0. The highest BCUT2D eigenvalue weighted by Gasteiger charge is 2.33. The molecule has 46 heavy (non-hydrogen) atoms. The molecule has 244 valence electrons. The van der Waals surface area contributed by atoms with Gasteiger partial charge in [-0.2, -0.15) is 0 Å². The molecule has 1 fully saturated rings. The lowest BCUT2D eigenvalue weighted by molar-refractivity contribution is -0.135. The Labute approximate surface area is 268 Å². The molecule has 1 aliphatic heterocycles. The summed E-state index contributed by atoms with van der Waals surface area (Å²) in [4.78, 5) is 69.0. The monoisotopic (exact) mass is 630 g/mol. The average molecular weight is 631 g/mol. The van der Waals surface area contributed by atoms with E-state index < -0.39 is 47.9 Å². The van der Waals surface area contributed by atoms with Crippen LogP contribution in [0.4, 0.5) is 5.95 Å². The molecule has 3 aromatic rings. The summed E-state index contributed by atoms with van der Waals surface area (Å²) in [5, 5.41) is 21.4. The Hall–Kier alpha value is -4.91. The third-order valence-corrected chi connectivity index (χ3v) is 7.69. The van der Waals surface area contributed by atoms with Gasteiger partial charge in [-0.3, -0.25) is 24.2 Å². The van der Waals surface area contributed by atoms with Crippen molar-refractivity contribution < 1.29 is 24.3 Å². The van der Waals surface area contributed by atoms with Crippen molar-refractivity contribution in [2.75, 3.05) is 24.5 Å². The Morgan fingerprint density at radius 2 is 1.61 bits per heavy atom. The average Bonchev–Trinajstić information content (AvgIpc) is 3.01. The number of benzene rings is 1. The zero-order valence-corrected chi connectivity index (χ0v) is 26.8. The van der Waals surface area contributed by atoms with Gasteiger partial charge in [0, 0.05) is 42.7 Å². The van der Waals surface area contributed by atoms with Gasteiger partial charge >= 0.3 is 0 Å². The second kappa shape index (κ2) is 15.4. The van der Waals surface area contributed by atoms with Crippen LogP contribution >= 0.6 is 0 Å². The highest BCUT2D eigenvalue weighted by Crippen LogP contribution is 2.22. The third kappa shape index (κ3) is 8.84. The molecule has 0 radical (unpaired) electrons. The normalized spacial score (nSPS) is 20.9. The molecule has 0 bridgehead atoms. The molecule has 0 aliphatic carbocycles. The summed E-state index contributed by atoms with van der Waals surface area (Å²) in [6.07, 6.45) is 0.476. The van der Waals surface area contributed by atoms with Crippen molar-refractivity contribution in [2.45, 2.75) is 65.3 Å². The van der Waals surface area contributed by atoms with E-state index in [1.54, 1.807) is 31.0 Å². The highest BCUT2D eigenvalue weighted by atomic mass is 16.3. The summed E-state index contributed by atoms with van der Waals surface area (Å²) in [5.41, 5.74) is 3.85. The number of aliphatic hydroxyl groups is 1. The van der Waals surface area contributed by atoms with Crippen LogP contribution in [0.5, 0.6) is 0 Å². The predicted octanol–water partition coefficient (Wildman–Crippen LogP) is 0.826. The first-order valence-electron chi connectivity index (χ1n) is 15.4. The van der Waals surface area contributed by atoms with Crippen LogP contribution in [-0.4, -0.2) is 87.6 Å². The minimum Gasteiger partial charge on any atom is -0.391 e. The molecule has 2 aromatic heterocycles. The standard InChI is InChI=1S/C33H42N8O5/c1-19(2)28-32(46)37-26(17-23-9-7-6-8-10-23)30(44)40-29(22(5)42)31(45)34-15-16-41(18-27(43)39-28)33-35-14-13-25(38-33)24-12-11-20(3)36-21(24)4/h6-14,19,22,26,28-29,42H,15-18H2,1-5H3,(H,34,45)(H,37,46)(H,39,43)(H,40,44)/t22-,26+,28-,29+/m1/s1. The maximum Gasteiger partial charge on any atom is 0.245 e. The minimum atomic E-state index is -1.29. The Balaban J connectivity index is 1.66. The van der Waals surface area contributed by atoms with E-state index in [0.29, 0.717) is 5.69 Å². The number of aromatic nitrogens is 3. The van der Waals surface area contributed by atoms with E-state index in [1.807, 2.05) is 56.3 Å². The first-order valence-corrected chi connectivity index (χ1v) is 15.4. The molecule has 4 atom stereocenters. The molecule has 0 spiro atoms. The molecular weight excluding hydrogens is 588 g/mol. The summed E-state index contributed by atoms with van der Waals surface area (Å²) >= 11 is 0. The minimum absolute atomic E-state index is 0.0438. The van der Waals surface area contributed by atoms with E-state index in [1.165, 1.54) is 6.92 Å². The number of hydrogen-bond donors (Lipinski definition) is 5. The number of pyridine rings is 1. The third-order valence-electron chi connectivity index (χ3n) is 7.69. The van der Waals surface area contributed by atoms with Crippen molar-refractivity contribution in [1.82, 2.24) is 36.2 Å². The topological polar surface area (TPSA) is 179 Å². The number of carbonyl (C=O) groups excluding carboxylic acids is 4. The quantitative estimate of drug-likeness (QED) is 0.264. The first kappa shape index (κ1) is 34.0. The van der Waals surface area contributed by atoms with Gasteiger partial charge in [-0.1, -0.05) is 44.2 Å². The lowest BCUT2D eigenvalue weighted by Gasteiger charge is -2.27. The SMILES string of the molecule is Cc1ccc(-c2ccnc(N3CCNC(=O)[C@H]([C@@H](C)O)NC(=O)[C@H](Cc4ccccc4)NC(=O)[C@@H](C(C)C)NC(=O)C3)n2)c(C)n1. The van der Waals surface area contributed by atoms with Crippen LogP contribution in [0.2, 0.25) is 0 Å². The van der Waals surface area contributed by atoms with Crippen LogP contribution in [-0.2, 0) is 25.6 Å². The van der Waals surface area contributed by atoms with Crippen molar-refractivity contribution in [3.8, 4) is 11.3 Å². The summed E-state index contributed by atoms with van der Waals surface area (Å²) in [6, 6.07) is 11.3. The van der Waals surface area contributed by atoms with Crippen LogP contribution in [0.15, 0.2) is 54.7 Å². The van der Waals surface area contributed by atoms with E-state index in [9.17, 15) is 24.3 Å². The number of rotatable bonds is 6. The zero-order valence-electron chi connectivity index (χ0n) is 26.8. The smallest absolute Gasteiger partial charge is 0.245 e. The summed E-state index contributed by atoms with van der Waals surface area (Å²) < 4.78 is 0. The Kier molecular flexibility index (Phi) is 11.4. The molecule has 0 unspecified atom stereocenters. The van der Waals surface area contributed by atoms with Gasteiger partial charge < -0.3 is 31.3 Å². The van der Waals surface area contributed by atoms with E-state index in [-0.39, 0.29) is 37.9 Å². The number of anilines is 1. The van der Waals surface area contributed by atoms with Crippen LogP contribution in [0.3, 0.4) is 0 Å². The van der Waals surface area contributed by atoms with Crippen molar-refractivity contribution in [3.05, 3.63) is 71.7 Å². The van der Waals surface area contributed by atoms with E-state index in [0.717, 1.165) is 22.5 Å². The molecule has 1 aliphatic rings. The second-order valence-corrected chi connectivity index (χ2v) is 11.8. The van der Waals surface area contributed by atoms with Crippen molar-refractivity contribution in [1.29, 1.82) is 0 Å². The molecule has 3 heterocycles. The molecule has 1 aromatic carbocycles. The van der Waals surface area contributed by atoms with Crippen molar-refractivity contribution in [2.24, 2.45) is 5.92 Å². The fourth-order valence-corrected chi connectivity index (χ4v) is 5.19. The Bertz CT molecular complexity index is 1550. The fourth-order valence-electron chi connectivity index (χ4n) is 5.19. The molecule has 13 nitrogen and oxygen atoms in total. The van der Waals surface area contributed by atoms with Gasteiger partial charge in [0.1, 0.15) is 18.1 Å². The molecular formula is C33H42N8O5. The molecule has 1 saturated heterocycles. The Morgan fingerprint density at radius 1 is 0.870 bits per heavy atom. The molecule has 13 heteroatoms. The highest BCUT2D eigenvalue weighted by molar-refractivity contribution is 5.95. The van der Waals surface area contributed by atoms with Gasteiger partial charge in [0.05, 0.1) is 18.3 Å². The maximum absolute atomic E-state index is 13.6. The van der Waals surface area contributed by atoms with Gasteiger partial charge in [0.25, 0.3) is 0 Å². The van der Waals surface area contributed by atoms with Gasteiger partial charge in [-0.05, 0) is 50.5 Å². The summed E-state index contributed by atoms with van der Waals surface area (Å²) in [5.74, 6) is -2.38. The summed E-state index contributed by atoms with van der Waals surface area (Å²) in [6.45, 7) is 8.71. The van der Waals surface area contributed by atoms with Crippen molar-refractivity contribution in [3.63, 3.8) is 0 Å². The molecule has 5 N–H and O–H groups in total. The van der Waals surface area contributed by atoms with Crippen LogP contribution in [0.25, 0.3) is 11.3 Å². The maximum atomic E-state index is 13.6. The largest absolute Gasteiger partial charge is 0.391 e. The number of amides is 4. The second-order valence-electron chi connectivity index (χ2n) is 11.8. The number of aryl methyl sites for hydroxylation is 2.